The summed E-state index contributed by atoms with van der Waals surface area (Å²) in [5.74, 6) is 0.744. The SMILES string of the molecule is CC1CC(CN)CN1C(C)c1ccccc1OC(F)F. The van der Waals surface area contributed by atoms with Gasteiger partial charge >= 0.3 is 6.61 Å². The molecule has 0 spiro atoms. The zero-order valence-corrected chi connectivity index (χ0v) is 11.9. The van der Waals surface area contributed by atoms with Crippen molar-refractivity contribution in [2.45, 2.75) is 39.0 Å². The Balaban J connectivity index is 2.18. The second-order valence-corrected chi connectivity index (χ2v) is 5.48. The fourth-order valence-corrected chi connectivity index (χ4v) is 3.09. The monoisotopic (exact) mass is 284 g/mol. The normalized spacial score (nSPS) is 25.1. The molecule has 112 valence electrons. The molecule has 20 heavy (non-hydrogen) atoms. The Morgan fingerprint density at radius 2 is 2.10 bits per heavy atom. The van der Waals surface area contributed by atoms with Gasteiger partial charge in [0.25, 0.3) is 0 Å². The standard InChI is InChI=1S/C15H22F2N2O/c1-10-7-12(8-18)9-19(10)11(2)13-5-3-4-6-14(13)20-15(16)17/h3-6,10-12,15H,7-9,18H2,1-2H3. The smallest absolute Gasteiger partial charge is 0.387 e. The molecular weight excluding hydrogens is 262 g/mol. The predicted octanol–water partition coefficient (Wildman–Crippen LogP) is 3.02. The van der Waals surface area contributed by atoms with E-state index in [0.29, 0.717) is 18.5 Å². The minimum Gasteiger partial charge on any atom is -0.434 e. The summed E-state index contributed by atoms with van der Waals surface area (Å²) in [4.78, 5) is 2.31. The molecule has 2 N–H and O–H groups in total. The van der Waals surface area contributed by atoms with Crippen LogP contribution in [0.3, 0.4) is 0 Å². The first-order chi connectivity index (χ1) is 9.52. The second kappa shape index (κ2) is 6.50. The molecule has 1 fully saturated rings. The lowest BCUT2D eigenvalue weighted by molar-refractivity contribution is -0.0511. The lowest BCUT2D eigenvalue weighted by Crippen LogP contribution is -2.31. The first kappa shape index (κ1) is 15.2. The third kappa shape index (κ3) is 3.27. The number of nitrogens with two attached hydrogens (primary N) is 1. The van der Waals surface area contributed by atoms with Crippen molar-refractivity contribution in [2.24, 2.45) is 11.7 Å². The van der Waals surface area contributed by atoms with Crippen molar-refractivity contribution in [1.82, 2.24) is 4.90 Å². The molecule has 1 aliphatic heterocycles. The highest BCUT2D eigenvalue weighted by atomic mass is 19.3. The number of rotatable bonds is 5. The van der Waals surface area contributed by atoms with Crippen LogP contribution in [0.25, 0.3) is 0 Å². The zero-order valence-electron chi connectivity index (χ0n) is 11.9. The van der Waals surface area contributed by atoms with Gasteiger partial charge in [0.2, 0.25) is 0 Å². The highest BCUT2D eigenvalue weighted by Gasteiger charge is 2.32. The highest BCUT2D eigenvalue weighted by Crippen LogP contribution is 2.35. The van der Waals surface area contributed by atoms with Crippen LogP contribution in [0.1, 0.15) is 31.9 Å². The van der Waals surface area contributed by atoms with Crippen LogP contribution in [0.5, 0.6) is 5.75 Å². The van der Waals surface area contributed by atoms with E-state index >= 15 is 0 Å². The number of nitrogens with zero attached hydrogens (tertiary/aromatic N) is 1. The van der Waals surface area contributed by atoms with Gasteiger partial charge in [-0.2, -0.15) is 8.78 Å². The van der Waals surface area contributed by atoms with Gasteiger partial charge in [0.15, 0.2) is 0 Å². The van der Waals surface area contributed by atoms with Gasteiger partial charge < -0.3 is 10.5 Å². The molecule has 1 aromatic carbocycles. The number of ether oxygens (including phenoxy) is 1. The Morgan fingerprint density at radius 1 is 1.40 bits per heavy atom. The summed E-state index contributed by atoms with van der Waals surface area (Å²) in [6, 6.07) is 7.45. The topological polar surface area (TPSA) is 38.5 Å². The lowest BCUT2D eigenvalue weighted by atomic mass is 10.1. The van der Waals surface area contributed by atoms with E-state index in [0.717, 1.165) is 18.5 Å². The summed E-state index contributed by atoms with van der Waals surface area (Å²) in [6.45, 7) is 2.97. The Kier molecular flexibility index (Phi) is 4.94. The third-order valence-electron chi connectivity index (χ3n) is 4.13. The van der Waals surface area contributed by atoms with E-state index < -0.39 is 6.61 Å². The van der Waals surface area contributed by atoms with Gasteiger partial charge in [-0.15, -0.1) is 0 Å². The molecule has 3 nitrogen and oxygen atoms in total. The average molecular weight is 284 g/mol. The Bertz CT molecular complexity index is 442. The van der Waals surface area contributed by atoms with Gasteiger partial charge in [0.1, 0.15) is 5.75 Å². The molecule has 0 radical (unpaired) electrons. The number of alkyl halides is 2. The van der Waals surface area contributed by atoms with Crippen LogP contribution in [0.2, 0.25) is 0 Å². The maximum absolute atomic E-state index is 12.5. The number of para-hydroxylation sites is 1. The van der Waals surface area contributed by atoms with Crippen LogP contribution in [-0.2, 0) is 0 Å². The number of likely N-dealkylation sites (tertiary alicyclic amines) is 1. The molecule has 1 heterocycles. The van der Waals surface area contributed by atoms with Crippen molar-refractivity contribution >= 4 is 0 Å². The number of halogens is 2. The average Bonchev–Trinajstić information content (AvgIpc) is 2.79. The molecule has 3 atom stereocenters. The molecule has 2 rings (SSSR count). The van der Waals surface area contributed by atoms with Crippen LogP contribution in [0, 0.1) is 5.92 Å². The summed E-state index contributed by atoms with van der Waals surface area (Å²) < 4.78 is 29.6. The van der Waals surface area contributed by atoms with E-state index in [1.165, 1.54) is 0 Å². The lowest BCUT2D eigenvalue weighted by Gasteiger charge is -2.30. The summed E-state index contributed by atoms with van der Waals surface area (Å²) in [6.07, 6.45) is 1.05. The Hall–Kier alpha value is -1.20. The van der Waals surface area contributed by atoms with Crippen molar-refractivity contribution < 1.29 is 13.5 Å². The van der Waals surface area contributed by atoms with Gasteiger partial charge in [-0.1, -0.05) is 18.2 Å². The largest absolute Gasteiger partial charge is 0.434 e. The minimum atomic E-state index is -2.80. The number of hydrogen-bond acceptors (Lipinski definition) is 3. The highest BCUT2D eigenvalue weighted by molar-refractivity contribution is 5.36. The second-order valence-electron chi connectivity index (χ2n) is 5.48. The van der Waals surface area contributed by atoms with Gasteiger partial charge in [0.05, 0.1) is 0 Å². The van der Waals surface area contributed by atoms with E-state index in [1.807, 2.05) is 19.1 Å². The fourth-order valence-electron chi connectivity index (χ4n) is 3.09. The Morgan fingerprint density at radius 3 is 2.70 bits per heavy atom. The first-order valence-electron chi connectivity index (χ1n) is 7.02. The fraction of sp³-hybridized carbons (Fsp3) is 0.600. The Labute approximate surface area is 118 Å². The van der Waals surface area contributed by atoms with Crippen molar-refractivity contribution in [3.63, 3.8) is 0 Å². The summed E-state index contributed by atoms with van der Waals surface area (Å²) >= 11 is 0. The van der Waals surface area contributed by atoms with E-state index in [1.54, 1.807) is 12.1 Å². The maximum Gasteiger partial charge on any atom is 0.387 e. The molecule has 0 saturated carbocycles. The van der Waals surface area contributed by atoms with E-state index in [2.05, 4.69) is 16.6 Å². The van der Waals surface area contributed by atoms with Crippen LogP contribution < -0.4 is 10.5 Å². The third-order valence-corrected chi connectivity index (χ3v) is 4.13. The van der Waals surface area contributed by atoms with Crippen molar-refractivity contribution in [1.29, 1.82) is 0 Å². The van der Waals surface area contributed by atoms with E-state index in [-0.39, 0.29) is 11.8 Å². The number of benzene rings is 1. The van der Waals surface area contributed by atoms with Crippen molar-refractivity contribution in [3.8, 4) is 5.75 Å². The van der Waals surface area contributed by atoms with Crippen LogP contribution in [0.15, 0.2) is 24.3 Å². The summed E-state index contributed by atoms with van der Waals surface area (Å²) in [7, 11) is 0. The summed E-state index contributed by atoms with van der Waals surface area (Å²) in [5, 5.41) is 0. The molecule has 5 heteroatoms. The van der Waals surface area contributed by atoms with Gasteiger partial charge in [-0.3, -0.25) is 4.90 Å². The van der Waals surface area contributed by atoms with Crippen LogP contribution in [-0.4, -0.2) is 30.6 Å². The predicted molar refractivity (Wildman–Crippen MR) is 74.8 cm³/mol. The van der Waals surface area contributed by atoms with Gasteiger partial charge in [-0.25, -0.2) is 0 Å². The zero-order chi connectivity index (χ0) is 14.7. The quantitative estimate of drug-likeness (QED) is 0.903. The maximum atomic E-state index is 12.5. The van der Waals surface area contributed by atoms with Crippen LogP contribution >= 0.6 is 0 Å². The van der Waals surface area contributed by atoms with Crippen LogP contribution in [0.4, 0.5) is 8.78 Å². The molecule has 1 aliphatic rings. The number of hydrogen-bond donors (Lipinski definition) is 1. The van der Waals surface area contributed by atoms with Gasteiger partial charge in [-0.05, 0) is 38.8 Å². The molecule has 1 saturated heterocycles. The molecule has 3 unspecified atom stereocenters. The molecule has 0 aromatic heterocycles. The molecule has 0 aliphatic carbocycles. The minimum absolute atomic E-state index is 0.0384. The van der Waals surface area contributed by atoms with Crippen molar-refractivity contribution in [2.75, 3.05) is 13.1 Å². The molecular formula is C15H22F2N2O. The molecule has 1 aromatic rings. The van der Waals surface area contributed by atoms with Crippen molar-refractivity contribution in [3.05, 3.63) is 29.8 Å². The van der Waals surface area contributed by atoms with E-state index in [9.17, 15) is 8.78 Å². The molecule has 0 bridgehead atoms. The van der Waals surface area contributed by atoms with Gasteiger partial charge in [0, 0.05) is 24.2 Å². The summed E-state index contributed by atoms with van der Waals surface area (Å²) in [5.41, 5.74) is 6.55. The first-order valence-corrected chi connectivity index (χ1v) is 7.02. The molecule has 0 amide bonds. The van der Waals surface area contributed by atoms with E-state index in [4.69, 9.17) is 5.73 Å².